The number of nitrogens with one attached hydrogen (secondary N) is 1. The van der Waals surface area contributed by atoms with Crippen molar-refractivity contribution < 1.29 is 4.79 Å². The maximum Gasteiger partial charge on any atom is 0.251 e. The van der Waals surface area contributed by atoms with Crippen molar-refractivity contribution in [1.29, 1.82) is 0 Å². The molecule has 0 atom stereocenters. The second-order valence-corrected chi connectivity index (χ2v) is 4.16. The zero-order valence-electron chi connectivity index (χ0n) is 10.5. The molecule has 0 fully saturated rings. The van der Waals surface area contributed by atoms with E-state index in [1.54, 1.807) is 0 Å². The van der Waals surface area contributed by atoms with Gasteiger partial charge >= 0.3 is 0 Å². The molecule has 0 aromatic heterocycles. The van der Waals surface area contributed by atoms with Crippen molar-refractivity contribution >= 4 is 11.5 Å². The summed E-state index contributed by atoms with van der Waals surface area (Å²) in [5, 5.41) is 2.90. The molecule has 2 heteroatoms. The SMILES string of the molecule is C=C(C(=O)NCCCCCC)c1ccccc1. The molecule has 0 radical (unpaired) electrons. The minimum Gasteiger partial charge on any atom is -0.352 e. The molecule has 1 amide bonds. The van der Waals surface area contributed by atoms with E-state index in [0.29, 0.717) is 5.57 Å². The van der Waals surface area contributed by atoms with Crippen molar-refractivity contribution in [2.24, 2.45) is 0 Å². The summed E-state index contributed by atoms with van der Waals surface area (Å²) in [4.78, 5) is 11.8. The van der Waals surface area contributed by atoms with E-state index in [4.69, 9.17) is 0 Å². The molecule has 0 aliphatic heterocycles. The molecule has 0 aliphatic carbocycles. The second kappa shape index (κ2) is 7.66. The zero-order valence-corrected chi connectivity index (χ0v) is 10.5. The standard InChI is InChI=1S/C15H21NO/c1-3-4-5-9-12-16-15(17)13(2)14-10-7-6-8-11-14/h6-8,10-11H,2-5,9,12H2,1H3,(H,16,17). The summed E-state index contributed by atoms with van der Waals surface area (Å²) in [5.41, 5.74) is 1.43. The Kier molecular flexibility index (Phi) is 6.08. The first kappa shape index (κ1) is 13.5. The lowest BCUT2D eigenvalue weighted by atomic mass is 10.1. The number of hydrogen-bond donors (Lipinski definition) is 1. The fourth-order valence-corrected chi connectivity index (χ4v) is 1.63. The molecule has 0 saturated carbocycles. The lowest BCUT2D eigenvalue weighted by Crippen LogP contribution is -2.24. The number of amides is 1. The van der Waals surface area contributed by atoms with Crippen molar-refractivity contribution in [2.75, 3.05) is 6.54 Å². The van der Waals surface area contributed by atoms with Gasteiger partial charge < -0.3 is 5.32 Å². The summed E-state index contributed by atoms with van der Waals surface area (Å²) in [5.74, 6) is -0.0623. The highest BCUT2D eigenvalue weighted by Crippen LogP contribution is 2.11. The van der Waals surface area contributed by atoms with Gasteiger partial charge in [-0.15, -0.1) is 0 Å². The highest BCUT2D eigenvalue weighted by molar-refractivity contribution is 6.18. The maximum atomic E-state index is 11.8. The fourth-order valence-electron chi connectivity index (χ4n) is 1.63. The first-order valence-corrected chi connectivity index (χ1v) is 6.28. The van der Waals surface area contributed by atoms with E-state index in [1.165, 1.54) is 19.3 Å². The lowest BCUT2D eigenvalue weighted by Gasteiger charge is -2.07. The smallest absolute Gasteiger partial charge is 0.251 e. The molecule has 92 valence electrons. The average Bonchev–Trinajstić information content (AvgIpc) is 2.38. The van der Waals surface area contributed by atoms with Crippen LogP contribution in [0.4, 0.5) is 0 Å². The molecule has 0 aliphatic rings. The number of unbranched alkanes of at least 4 members (excludes halogenated alkanes) is 3. The van der Waals surface area contributed by atoms with Crippen molar-refractivity contribution in [3.63, 3.8) is 0 Å². The largest absolute Gasteiger partial charge is 0.352 e. The van der Waals surface area contributed by atoms with Crippen LogP contribution in [0.5, 0.6) is 0 Å². The van der Waals surface area contributed by atoms with E-state index < -0.39 is 0 Å². The molecule has 0 spiro atoms. The molecule has 0 bridgehead atoms. The molecule has 1 N–H and O–H groups in total. The van der Waals surface area contributed by atoms with Gasteiger partial charge in [-0.05, 0) is 12.0 Å². The third-order valence-electron chi connectivity index (χ3n) is 2.71. The summed E-state index contributed by atoms with van der Waals surface area (Å²) in [7, 11) is 0. The van der Waals surface area contributed by atoms with Gasteiger partial charge in [0, 0.05) is 12.1 Å². The first-order chi connectivity index (χ1) is 8.25. The monoisotopic (exact) mass is 231 g/mol. The quantitative estimate of drug-likeness (QED) is 0.565. The number of carbonyl (C=O) groups excluding carboxylic acids is 1. The number of rotatable bonds is 7. The van der Waals surface area contributed by atoms with Crippen LogP contribution in [0.3, 0.4) is 0 Å². The van der Waals surface area contributed by atoms with Crippen LogP contribution in [-0.2, 0) is 4.79 Å². The topological polar surface area (TPSA) is 29.1 Å². The van der Waals surface area contributed by atoms with Crippen LogP contribution < -0.4 is 5.32 Å². The van der Waals surface area contributed by atoms with Gasteiger partial charge in [0.15, 0.2) is 0 Å². The van der Waals surface area contributed by atoms with Crippen molar-refractivity contribution in [3.05, 3.63) is 42.5 Å². The van der Waals surface area contributed by atoms with Gasteiger partial charge in [-0.25, -0.2) is 0 Å². The van der Waals surface area contributed by atoms with Gasteiger partial charge in [0.2, 0.25) is 0 Å². The highest BCUT2D eigenvalue weighted by Gasteiger charge is 2.07. The Hall–Kier alpha value is -1.57. The van der Waals surface area contributed by atoms with E-state index >= 15 is 0 Å². The van der Waals surface area contributed by atoms with Crippen LogP contribution in [0.1, 0.15) is 38.2 Å². The molecule has 0 unspecified atom stereocenters. The molecule has 0 saturated heterocycles. The summed E-state index contributed by atoms with van der Waals surface area (Å²) in [6.45, 7) is 6.75. The molecular formula is C15H21NO. The van der Waals surface area contributed by atoms with Crippen LogP contribution in [-0.4, -0.2) is 12.5 Å². The molecule has 2 nitrogen and oxygen atoms in total. The van der Waals surface area contributed by atoms with E-state index in [1.807, 2.05) is 30.3 Å². The van der Waals surface area contributed by atoms with Gasteiger partial charge in [-0.3, -0.25) is 4.79 Å². The summed E-state index contributed by atoms with van der Waals surface area (Å²) < 4.78 is 0. The van der Waals surface area contributed by atoms with E-state index in [9.17, 15) is 4.79 Å². The van der Waals surface area contributed by atoms with Crippen LogP contribution in [0, 0.1) is 0 Å². The Labute approximate surface area is 104 Å². The van der Waals surface area contributed by atoms with E-state index in [2.05, 4.69) is 18.8 Å². The number of carbonyl (C=O) groups is 1. The molecule has 1 aromatic carbocycles. The predicted molar refractivity (Wildman–Crippen MR) is 72.6 cm³/mol. The Morgan fingerprint density at radius 1 is 1.18 bits per heavy atom. The van der Waals surface area contributed by atoms with Crippen molar-refractivity contribution in [1.82, 2.24) is 5.32 Å². The van der Waals surface area contributed by atoms with E-state index in [0.717, 1.165) is 18.5 Å². The third-order valence-corrected chi connectivity index (χ3v) is 2.71. The molecule has 1 aromatic rings. The van der Waals surface area contributed by atoms with Crippen LogP contribution >= 0.6 is 0 Å². The normalized spacial score (nSPS) is 9.94. The number of benzene rings is 1. The highest BCUT2D eigenvalue weighted by atomic mass is 16.1. The lowest BCUT2D eigenvalue weighted by molar-refractivity contribution is -0.115. The van der Waals surface area contributed by atoms with Crippen LogP contribution in [0.2, 0.25) is 0 Å². The van der Waals surface area contributed by atoms with E-state index in [-0.39, 0.29) is 5.91 Å². The van der Waals surface area contributed by atoms with Gasteiger partial charge in [-0.2, -0.15) is 0 Å². The number of hydrogen-bond acceptors (Lipinski definition) is 1. The molecule has 0 heterocycles. The predicted octanol–water partition coefficient (Wildman–Crippen LogP) is 3.40. The van der Waals surface area contributed by atoms with Gasteiger partial charge in [-0.1, -0.05) is 63.1 Å². The summed E-state index contributed by atoms with van der Waals surface area (Å²) >= 11 is 0. The van der Waals surface area contributed by atoms with Crippen molar-refractivity contribution in [2.45, 2.75) is 32.6 Å². The van der Waals surface area contributed by atoms with Gasteiger partial charge in [0.05, 0.1) is 0 Å². The first-order valence-electron chi connectivity index (χ1n) is 6.28. The fraction of sp³-hybridized carbons (Fsp3) is 0.400. The maximum absolute atomic E-state index is 11.8. The van der Waals surface area contributed by atoms with Gasteiger partial charge in [0.25, 0.3) is 5.91 Å². The minimum absolute atomic E-state index is 0.0623. The Morgan fingerprint density at radius 2 is 1.88 bits per heavy atom. The molecular weight excluding hydrogens is 210 g/mol. The van der Waals surface area contributed by atoms with Crippen molar-refractivity contribution in [3.8, 4) is 0 Å². The Morgan fingerprint density at radius 3 is 2.53 bits per heavy atom. The molecule has 17 heavy (non-hydrogen) atoms. The summed E-state index contributed by atoms with van der Waals surface area (Å²) in [6, 6.07) is 9.56. The van der Waals surface area contributed by atoms with Crippen LogP contribution in [0.25, 0.3) is 5.57 Å². The van der Waals surface area contributed by atoms with Gasteiger partial charge in [0.1, 0.15) is 0 Å². The third kappa shape index (κ3) is 4.85. The Bertz CT molecular complexity index is 356. The summed E-state index contributed by atoms with van der Waals surface area (Å²) in [6.07, 6.45) is 4.66. The van der Waals surface area contributed by atoms with Crippen LogP contribution in [0.15, 0.2) is 36.9 Å². The average molecular weight is 231 g/mol. The second-order valence-electron chi connectivity index (χ2n) is 4.16. The minimum atomic E-state index is -0.0623. The molecule has 1 rings (SSSR count). The zero-order chi connectivity index (χ0) is 12.5. The Balaban J connectivity index is 2.31.